The molecule has 2 aromatic carbocycles. The number of nitrogens with zero attached hydrogens (tertiary/aromatic N) is 1. The van der Waals surface area contributed by atoms with Crippen molar-refractivity contribution in [3.05, 3.63) is 48.5 Å². The fraction of sp³-hybridized carbons (Fsp3) is 0.278. The van der Waals surface area contributed by atoms with E-state index in [9.17, 15) is 13.2 Å². The van der Waals surface area contributed by atoms with Crippen LogP contribution < -0.4 is 9.62 Å². The number of sulfonamides is 1. The van der Waals surface area contributed by atoms with Crippen molar-refractivity contribution in [3.8, 4) is 11.1 Å². The van der Waals surface area contributed by atoms with Crippen molar-refractivity contribution in [1.82, 2.24) is 5.32 Å². The predicted octanol–water partition coefficient (Wildman–Crippen LogP) is 2.78. The molecule has 126 valence electrons. The molecule has 1 amide bonds. The first-order chi connectivity index (χ1) is 11.2. The molecule has 0 spiro atoms. The summed E-state index contributed by atoms with van der Waals surface area (Å²) in [7, 11) is -3.77. The number of hydrogen-bond acceptors (Lipinski definition) is 3. The molecule has 0 unspecified atom stereocenters. The van der Waals surface area contributed by atoms with Gasteiger partial charge < -0.3 is 5.32 Å². The maximum Gasteiger partial charge on any atom is 0.265 e. The Kier molecular flexibility index (Phi) is 3.87. The van der Waals surface area contributed by atoms with Crippen LogP contribution in [0.25, 0.3) is 11.1 Å². The maximum atomic E-state index is 13.0. The zero-order valence-corrected chi connectivity index (χ0v) is 14.7. The third-order valence-corrected chi connectivity index (χ3v) is 5.54. The number of anilines is 1. The normalized spacial score (nSPS) is 15.4. The lowest BCUT2D eigenvalue weighted by Crippen LogP contribution is -2.48. The van der Waals surface area contributed by atoms with Gasteiger partial charge >= 0.3 is 0 Å². The Morgan fingerprint density at radius 2 is 1.58 bits per heavy atom. The smallest absolute Gasteiger partial charge is 0.265 e. The highest BCUT2D eigenvalue weighted by atomic mass is 32.2. The molecule has 0 bridgehead atoms. The topological polar surface area (TPSA) is 66.5 Å². The summed E-state index contributed by atoms with van der Waals surface area (Å²) < 4.78 is 27.2. The third kappa shape index (κ3) is 2.89. The van der Waals surface area contributed by atoms with Crippen molar-refractivity contribution in [1.29, 1.82) is 0 Å². The predicted molar refractivity (Wildman–Crippen MR) is 94.3 cm³/mol. The van der Waals surface area contributed by atoms with Gasteiger partial charge in [-0.1, -0.05) is 36.4 Å². The third-order valence-electron chi connectivity index (χ3n) is 3.72. The summed E-state index contributed by atoms with van der Waals surface area (Å²) in [6, 6.07) is 14.1. The molecule has 0 fully saturated rings. The summed E-state index contributed by atoms with van der Waals surface area (Å²) in [5.41, 5.74) is 1.58. The average molecular weight is 344 g/mol. The standard InChI is InChI=1S/C18H20N2O3S/c1-18(2,3)19-17(21)12-20-15-10-6-4-8-13(15)14-9-5-7-11-16(14)24(20,22)23/h4-11H,12H2,1-3H3,(H,19,21). The van der Waals surface area contributed by atoms with Crippen LogP contribution in [0.2, 0.25) is 0 Å². The number of rotatable bonds is 2. The Hall–Kier alpha value is -2.34. The molecule has 2 aromatic rings. The van der Waals surface area contributed by atoms with Crippen LogP contribution in [0, 0.1) is 0 Å². The number of para-hydroxylation sites is 1. The highest BCUT2D eigenvalue weighted by Gasteiger charge is 2.35. The second kappa shape index (κ2) is 5.63. The Labute approximate surface area is 142 Å². The van der Waals surface area contributed by atoms with Gasteiger partial charge in [0.25, 0.3) is 10.0 Å². The number of carbonyl (C=O) groups is 1. The van der Waals surface area contributed by atoms with Crippen LogP contribution in [-0.2, 0) is 14.8 Å². The van der Waals surface area contributed by atoms with Gasteiger partial charge in [-0.15, -0.1) is 0 Å². The Balaban J connectivity index is 2.09. The van der Waals surface area contributed by atoms with Crippen molar-refractivity contribution in [2.24, 2.45) is 0 Å². The summed E-state index contributed by atoms with van der Waals surface area (Å²) in [6.07, 6.45) is 0. The minimum absolute atomic E-state index is 0.229. The van der Waals surface area contributed by atoms with Gasteiger partial charge in [-0.3, -0.25) is 9.10 Å². The molecule has 0 atom stereocenters. The Morgan fingerprint density at radius 3 is 2.25 bits per heavy atom. The molecule has 1 heterocycles. The van der Waals surface area contributed by atoms with Crippen LogP contribution in [0.1, 0.15) is 20.8 Å². The van der Waals surface area contributed by atoms with Crippen molar-refractivity contribution in [3.63, 3.8) is 0 Å². The first-order valence-corrected chi connectivity index (χ1v) is 9.16. The highest BCUT2D eigenvalue weighted by Crippen LogP contribution is 2.42. The van der Waals surface area contributed by atoms with E-state index in [1.54, 1.807) is 30.3 Å². The van der Waals surface area contributed by atoms with Crippen molar-refractivity contribution >= 4 is 21.6 Å². The van der Waals surface area contributed by atoms with E-state index in [2.05, 4.69) is 5.32 Å². The molecule has 1 aliphatic heterocycles. The Bertz CT molecular complexity index is 898. The second-order valence-corrected chi connectivity index (χ2v) is 8.65. The molecular weight excluding hydrogens is 324 g/mol. The quantitative estimate of drug-likeness (QED) is 0.911. The molecule has 0 saturated carbocycles. The van der Waals surface area contributed by atoms with Gasteiger partial charge in [-0.05, 0) is 32.9 Å². The van der Waals surface area contributed by atoms with Crippen LogP contribution >= 0.6 is 0 Å². The van der Waals surface area contributed by atoms with Crippen molar-refractivity contribution < 1.29 is 13.2 Å². The minimum atomic E-state index is -3.77. The summed E-state index contributed by atoms with van der Waals surface area (Å²) in [6.45, 7) is 5.33. The van der Waals surface area contributed by atoms with E-state index >= 15 is 0 Å². The SMILES string of the molecule is CC(C)(C)NC(=O)CN1c2ccccc2-c2ccccc2S1(=O)=O. The molecule has 3 rings (SSSR count). The lowest BCUT2D eigenvalue weighted by Gasteiger charge is -2.32. The summed E-state index contributed by atoms with van der Waals surface area (Å²) in [5.74, 6) is -0.333. The monoisotopic (exact) mass is 344 g/mol. The van der Waals surface area contributed by atoms with Crippen molar-refractivity contribution in [2.75, 3.05) is 10.8 Å². The average Bonchev–Trinajstić information content (AvgIpc) is 2.50. The fourth-order valence-electron chi connectivity index (χ4n) is 2.84. The van der Waals surface area contributed by atoms with Gasteiger partial charge in [0.15, 0.2) is 0 Å². The van der Waals surface area contributed by atoms with E-state index in [4.69, 9.17) is 0 Å². The van der Waals surface area contributed by atoms with E-state index in [-0.39, 0.29) is 17.3 Å². The van der Waals surface area contributed by atoms with Gasteiger partial charge in [0.2, 0.25) is 5.91 Å². The number of nitrogens with one attached hydrogen (secondary N) is 1. The minimum Gasteiger partial charge on any atom is -0.350 e. The maximum absolute atomic E-state index is 13.0. The first-order valence-electron chi connectivity index (χ1n) is 7.72. The lowest BCUT2D eigenvalue weighted by molar-refractivity contribution is -0.121. The molecule has 1 N–H and O–H groups in total. The molecule has 0 saturated heterocycles. The van der Waals surface area contributed by atoms with E-state index in [0.29, 0.717) is 11.3 Å². The van der Waals surface area contributed by atoms with Gasteiger partial charge in [-0.2, -0.15) is 0 Å². The van der Waals surface area contributed by atoms with Crippen LogP contribution in [0.3, 0.4) is 0 Å². The first kappa shape index (κ1) is 16.5. The van der Waals surface area contributed by atoms with Gasteiger partial charge in [0, 0.05) is 16.7 Å². The Morgan fingerprint density at radius 1 is 1.00 bits per heavy atom. The number of amides is 1. The molecule has 0 aromatic heterocycles. The summed E-state index contributed by atoms with van der Waals surface area (Å²) in [5, 5.41) is 2.81. The molecule has 0 aliphatic carbocycles. The van der Waals surface area contributed by atoms with Crippen LogP contribution in [0.4, 0.5) is 5.69 Å². The number of carbonyl (C=O) groups excluding carboxylic acids is 1. The largest absolute Gasteiger partial charge is 0.350 e. The van der Waals surface area contributed by atoms with Gasteiger partial charge in [0.1, 0.15) is 6.54 Å². The lowest BCUT2D eigenvalue weighted by atomic mass is 10.0. The zero-order valence-electron chi connectivity index (χ0n) is 13.9. The molecule has 1 aliphatic rings. The number of fused-ring (bicyclic) bond motifs is 3. The molecule has 0 radical (unpaired) electrons. The van der Waals surface area contributed by atoms with E-state index in [1.165, 1.54) is 4.31 Å². The highest BCUT2D eigenvalue weighted by molar-refractivity contribution is 7.93. The number of benzene rings is 2. The molecule has 5 nitrogen and oxygen atoms in total. The molecule has 24 heavy (non-hydrogen) atoms. The summed E-state index contributed by atoms with van der Waals surface area (Å²) >= 11 is 0. The van der Waals surface area contributed by atoms with Gasteiger partial charge in [0.05, 0.1) is 10.6 Å². The van der Waals surface area contributed by atoms with Crippen LogP contribution in [0.15, 0.2) is 53.4 Å². The molecule has 6 heteroatoms. The van der Waals surface area contributed by atoms with Crippen molar-refractivity contribution in [2.45, 2.75) is 31.2 Å². The van der Waals surface area contributed by atoms with E-state index in [1.807, 2.05) is 39.0 Å². The fourth-order valence-corrected chi connectivity index (χ4v) is 4.49. The zero-order chi connectivity index (χ0) is 17.5. The van der Waals surface area contributed by atoms with E-state index < -0.39 is 15.6 Å². The second-order valence-electron chi connectivity index (χ2n) is 6.82. The van der Waals surface area contributed by atoms with Crippen LogP contribution in [0.5, 0.6) is 0 Å². The van der Waals surface area contributed by atoms with E-state index in [0.717, 1.165) is 5.56 Å². The number of hydrogen-bond donors (Lipinski definition) is 1. The summed E-state index contributed by atoms with van der Waals surface area (Å²) in [4.78, 5) is 12.5. The van der Waals surface area contributed by atoms with Crippen LogP contribution in [-0.4, -0.2) is 26.4 Å². The molecular formula is C18H20N2O3S. The van der Waals surface area contributed by atoms with Gasteiger partial charge in [-0.25, -0.2) is 8.42 Å².